The summed E-state index contributed by atoms with van der Waals surface area (Å²) in [6, 6.07) is 0. The molecule has 0 atom stereocenters. The third kappa shape index (κ3) is 4.84. The highest BCUT2D eigenvalue weighted by Crippen LogP contribution is 2.28. The van der Waals surface area contributed by atoms with Crippen molar-refractivity contribution in [2.45, 2.75) is 45.4 Å². The number of anilines is 2. The number of nitrogens with two attached hydrogens (primary N) is 1. The standard InChI is InChI=1S/C13H23ClN4O/c1-13(2,3)12-17-10(14)9(15)11(18-12)16-7-5-4-6-8-19/h19H,4-8,15H2,1-3H3,(H,16,17,18). The van der Waals surface area contributed by atoms with E-state index in [0.29, 0.717) is 17.3 Å². The molecule has 0 aliphatic carbocycles. The molecule has 0 radical (unpaired) electrons. The molecule has 0 aliphatic heterocycles. The lowest BCUT2D eigenvalue weighted by Crippen LogP contribution is -2.19. The van der Waals surface area contributed by atoms with Crippen molar-refractivity contribution in [3.8, 4) is 0 Å². The Morgan fingerprint density at radius 3 is 2.47 bits per heavy atom. The van der Waals surface area contributed by atoms with Gasteiger partial charge in [-0.05, 0) is 19.3 Å². The first-order valence-corrected chi connectivity index (χ1v) is 6.92. The Labute approximate surface area is 119 Å². The molecule has 1 heterocycles. The maximum Gasteiger partial charge on any atom is 0.157 e. The monoisotopic (exact) mass is 286 g/mol. The van der Waals surface area contributed by atoms with Gasteiger partial charge in [0.25, 0.3) is 0 Å². The first-order valence-electron chi connectivity index (χ1n) is 6.54. The minimum absolute atomic E-state index is 0.176. The van der Waals surface area contributed by atoms with Crippen molar-refractivity contribution in [3.05, 3.63) is 11.0 Å². The minimum atomic E-state index is -0.176. The van der Waals surface area contributed by atoms with E-state index in [1.807, 2.05) is 20.8 Å². The van der Waals surface area contributed by atoms with E-state index in [4.69, 9.17) is 22.4 Å². The van der Waals surface area contributed by atoms with Crippen LogP contribution in [0.15, 0.2) is 0 Å². The third-order valence-electron chi connectivity index (χ3n) is 2.70. The van der Waals surface area contributed by atoms with Gasteiger partial charge in [-0.25, -0.2) is 9.97 Å². The molecule has 0 amide bonds. The van der Waals surface area contributed by atoms with Crippen LogP contribution in [0.2, 0.25) is 5.15 Å². The molecule has 0 aliphatic rings. The van der Waals surface area contributed by atoms with Crippen LogP contribution in [-0.2, 0) is 5.41 Å². The van der Waals surface area contributed by atoms with Crippen LogP contribution < -0.4 is 11.1 Å². The molecule has 0 bridgehead atoms. The van der Waals surface area contributed by atoms with Gasteiger partial charge in [-0.3, -0.25) is 0 Å². The number of hydrogen-bond donors (Lipinski definition) is 3. The van der Waals surface area contributed by atoms with Crippen molar-refractivity contribution >= 4 is 23.1 Å². The molecule has 108 valence electrons. The molecule has 0 unspecified atom stereocenters. The third-order valence-corrected chi connectivity index (χ3v) is 2.99. The van der Waals surface area contributed by atoms with Crippen LogP contribution in [0.3, 0.4) is 0 Å². The minimum Gasteiger partial charge on any atom is -0.396 e. The van der Waals surface area contributed by atoms with E-state index < -0.39 is 0 Å². The highest BCUT2D eigenvalue weighted by molar-refractivity contribution is 6.32. The van der Waals surface area contributed by atoms with Gasteiger partial charge in [-0.1, -0.05) is 32.4 Å². The number of aliphatic hydroxyl groups is 1. The summed E-state index contributed by atoms with van der Waals surface area (Å²) in [5.41, 5.74) is 6.09. The average molecular weight is 287 g/mol. The van der Waals surface area contributed by atoms with E-state index in [0.717, 1.165) is 25.8 Å². The lowest BCUT2D eigenvalue weighted by molar-refractivity contribution is 0.283. The molecule has 0 saturated carbocycles. The molecular weight excluding hydrogens is 264 g/mol. The Morgan fingerprint density at radius 2 is 1.89 bits per heavy atom. The normalized spacial score (nSPS) is 11.6. The zero-order valence-corrected chi connectivity index (χ0v) is 12.6. The van der Waals surface area contributed by atoms with Gasteiger partial charge < -0.3 is 16.2 Å². The number of aromatic nitrogens is 2. The van der Waals surface area contributed by atoms with Gasteiger partial charge in [0.15, 0.2) is 11.0 Å². The highest BCUT2D eigenvalue weighted by Gasteiger charge is 2.20. The second-order valence-corrected chi connectivity index (χ2v) is 5.92. The fraction of sp³-hybridized carbons (Fsp3) is 0.692. The van der Waals surface area contributed by atoms with Gasteiger partial charge in [-0.15, -0.1) is 0 Å². The number of rotatable bonds is 6. The van der Waals surface area contributed by atoms with Crippen molar-refractivity contribution in [2.75, 3.05) is 24.2 Å². The summed E-state index contributed by atoms with van der Waals surface area (Å²) < 4.78 is 0. The SMILES string of the molecule is CC(C)(C)c1nc(Cl)c(N)c(NCCCCCO)n1. The van der Waals surface area contributed by atoms with Crippen molar-refractivity contribution in [1.29, 1.82) is 0 Å². The van der Waals surface area contributed by atoms with Crippen LogP contribution in [0.25, 0.3) is 0 Å². The summed E-state index contributed by atoms with van der Waals surface area (Å²) in [5, 5.41) is 12.2. The molecule has 5 nitrogen and oxygen atoms in total. The van der Waals surface area contributed by atoms with Crippen LogP contribution in [0, 0.1) is 0 Å². The van der Waals surface area contributed by atoms with Crippen LogP contribution in [-0.4, -0.2) is 28.2 Å². The molecule has 4 N–H and O–H groups in total. The highest BCUT2D eigenvalue weighted by atomic mass is 35.5. The fourth-order valence-corrected chi connectivity index (χ4v) is 1.70. The smallest absolute Gasteiger partial charge is 0.157 e. The van der Waals surface area contributed by atoms with Gasteiger partial charge in [0.2, 0.25) is 0 Å². The topological polar surface area (TPSA) is 84.1 Å². The van der Waals surface area contributed by atoms with E-state index in [-0.39, 0.29) is 17.2 Å². The zero-order valence-electron chi connectivity index (χ0n) is 11.8. The van der Waals surface area contributed by atoms with Crippen molar-refractivity contribution in [2.24, 2.45) is 0 Å². The van der Waals surface area contributed by atoms with Crippen LogP contribution in [0.5, 0.6) is 0 Å². The predicted octanol–water partition coefficient (Wildman–Crippen LogP) is 2.58. The number of hydrogen-bond acceptors (Lipinski definition) is 5. The summed E-state index contributed by atoms with van der Waals surface area (Å²) in [6.45, 7) is 7.07. The van der Waals surface area contributed by atoms with E-state index in [1.54, 1.807) is 0 Å². The van der Waals surface area contributed by atoms with E-state index in [9.17, 15) is 0 Å². The molecule has 19 heavy (non-hydrogen) atoms. The number of nitrogen functional groups attached to an aromatic ring is 1. The lowest BCUT2D eigenvalue weighted by Gasteiger charge is -2.19. The largest absolute Gasteiger partial charge is 0.396 e. The van der Waals surface area contributed by atoms with Gasteiger partial charge in [0.05, 0.1) is 0 Å². The van der Waals surface area contributed by atoms with Gasteiger partial charge >= 0.3 is 0 Å². The first-order chi connectivity index (χ1) is 8.86. The maximum absolute atomic E-state index is 8.71. The fourth-order valence-electron chi connectivity index (χ4n) is 1.53. The summed E-state index contributed by atoms with van der Waals surface area (Å²) in [6.07, 6.45) is 2.73. The van der Waals surface area contributed by atoms with Crippen LogP contribution in [0.1, 0.15) is 45.9 Å². The molecule has 0 spiro atoms. The second-order valence-electron chi connectivity index (χ2n) is 5.56. The average Bonchev–Trinajstić information content (AvgIpc) is 2.32. The van der Waals surface area contributed by atoms with Gasteiger partial charge in [0, 0.05) is 18.6 Å². The van der Waals surface area contributed by atoms with E-state index >= 15 is 0 Å². The first kappa shape index (κ1) is 16.0. The van der Waals surface area contributed by atoms with Gasteiger partial charge in [0.1, 0.15) is 11.5 Å². The van der Waals surface area contributed by atoms with Crippen LogP contribution in [0.4, 0.5) is 11.5 Å². The molecule has 1 rings (SSSR count). The zero-order chi connectivity index (χ0) is 14.5. The summed E-state index contributed by atoms with van der Waals surface area (Å²) in [4.78, 5) is 8.66. The van der Waals surface area contributed by atoms with Crippen molar-refractivity contribution < 1.29 is 5.11 Å². The number of nitrogens with zero attached hydrogens (tertiary/aromatic N) is 2. The van der Waals surface area contributed by atoms with Crippen molar-refractivity contribution in [3.63, 3.8) is 0 Å². The molecule has 0 fully saturated rings. The Balaban J connectivity index is 2.74. The Hall–Kier alpha value is -1.07. The molecular formula is C13H23ClN4O. The second kappa shape index (κ2) is 6.91. The maximum atomic E-state index is 8.71. The van der Waals surface area contributed by atoms with Crippen molar-refractivity contribution in [1.82, 2.24) is 9.97 Å². The lowest BCUT2D eigenvalue weighted by atomic mass is 9.96. The Bertz CT molecular complexity index is 418. The van der Waals surface area contributed by atoms with Crippen LogP contribution >= 0.6 is 11.6 Å². The van der Waals surface area contributed by atoms with Gasteiger partial charge in [-0.2, -0.15) is 0 Å². The quantitative estimate of drug-likeness (QED) is 0.553. The number of unbranched alkanes of at least 4 members (excludes halogenated alkanes) is 2. The summed E-state index contributed by atoms with van der Waals surface area (Å²) in [7, 11) is 0. The summed E-state index contributed by atoms with van der Waals surface area (Å²) >= 11 is 6.04. The van der Waals surface area contributed by atoms with E-state index in [2.05, 4.69) is 15.3 Å². The number of halogens is 1. The predicted molar refractivity (Wildman–Crippen MR) is 79.6 cm³/mol. The Morgan fingerprint density at radius 1 is 1.21 bits per heavy atom. The molecule has 1 aromatic heterocycles. The van der Waals surface area contributed by atoms with E-state index in [1.165, 1.54) is 0 Å². The molecule has 6 heteroatoms. The summed E-state index contributed by atoms with van der Waals surface area (Å²) in [5.74, 6) is 1.26. The molecule has 1 aromatic rings. The number of aliphatic hydroxyl groups excluding tert-OH is 1. The molecule has 0 saturated heterocycles. The molecule has 0 aromatic carbocycles. The Kier molecular flexibility index (Phi) is 5.82. The number of nitrogens with one attached hydrogen (secondary N) is 1.